The molecule has 1 rings (SSSR count). The molecular weight excluding hydrogens is 88.1 g/mol. The summed E-state index contributed by atoms with van der Waals surface area (Å²) in [6.45, 7) is 2.44. The monoisotopic (exact) mass is 97.1 g/mol. The highest BCUT2D eigenvalue weighted by Gasteiger charge is 1.99. The maximum absolute atomic E-state index is 5.31. The quantitative estimate of drug-likeness (QED) is 0.440. The Morgan fingerprint density at radius 1 is 1.86 bits per heavy atom. The first kappa shape index (κ1) is 4.81. The molecule has 2 N–H and O–H groups in total. The Morgan fingerprint density at radius 3 is 3.00 bits per heavy atom. The fraction of sp³-hybridized carbons (Fsp3) is 0.600. The van der Waals surface area contributed by atoms with Crippen molar-refractivity contribution in [2.45, 2.75) is 0 Å². The molecule has 1 heterocycles. The van der Waals surface area contributed by atoms with Crippen LogP contribution >= 0.6 is 0 Å². The summed E-state index contributed by atoms with van der Waals surface area (Å²) >= 11 is 0. The molecule has 0 bridgehead atoms. The van der Waals surface area contributed by atoms with E-state index >= 15 is 0 Å². The highest BCUT2D eigenvalue weighted by molar-refractivity contribution is 5.11. The lowest BCUT2D eigenvalue weighted by molar-refractivity contribution is 0.845. The van der Waals surface area contributed by atoms with Crippen molar-refractivity contribution < 1.29 is 0 Å². The highest BCUT2D eigenvalue weighted by atomic mass is 14.9. The molecular formula is C5H9N2. The van der Waals surface area contributed by atoms with Crippen molar-refractivity contribution in [1.82, 2.24) is 5.32 Å². The minimum atomic E-state index is 0.684. The predicted molar refractivity (Wildman–Crippen MR) is 29.0 cm³/mol. The first-order valence-electron chi connectivity index (χ1n) is 2.44. The first-order chi connectivity index (χ1) is 3.43. The van der Waals surface area contributed by atoms with Crippen LogP contribution in [0.15, 0.2) is 11.6 Å². The Morgan fingerprint density at radius 2 is 2.71 bits per heavy atom. The predicted octanol–water partition coefficient (Wildman–Crippen LogP) is -0.511. The number of hydrogen-bond donors (Lipinski definition) is 1. The zero-order valence-electron chi connectivity index (χ0n) is 4.22. The lowest BCUT2D eigenvalue weighted by atomic mass is 10.3. The third-order valence-corrected chi connectivity index (χ3v) is 1.09. The van der Waals surface area contributed by atoms with Crippen LogP contribution in [-0.4, -0.2) is 19.6 Å². The molecule has 2 nitrogen and oxygen atoms in total. The molecule has 0 amide bonds. The summed E-state index contributed by atoms with van der Waals surface area (Å²) in [5, 5.41) is 4.06. The summed E-state index contributed by atoms with van der Waals surface area (Å²) in [5.41, 5.74) is 6.58. The van der Waals surface area contributed by atoms with Crippen molar-refractivity contribution in [1.29, 1.82) is 0 Å². The Hall–Kier alpha value is -0.340. The van der Waals surface area contributed by atoms with Gasteiger partial charge in [0.25, 0.3) is 0 Å². The molecule has 1 radical (unpaired) electrons. The van der Waals surface area contributed by atoms with Crippen LogP contribution in [-0.2, 0) is 0 Å². The van der Waals surface area contributed by atoms with E-state index in [-0.39, 0.29) is 0 Å². The smallest absolute Gasteiger partial charge is 0.0360 e. The second-order valence-corrected chi connectivity index (χ2v) is 1.63. The minimum Gasteiger partial charge on any atom is -0.327 e. The average molecular weight is 97.1 g/mol. The van der Waals surface area contributed by atoms with Gasteiger partial charge in [-0.25, -0.2) is 5.32 Å². The summed E-state index contributed by atoms with van der Waals surface area (Å²) in [7, 11) is 0. The summed E-state index contributed by atoms with van der Waals surface area (Å²) in [5.74, 6) is 0. The third kappa shape index (κ3) is 1.01. The van der Waals surface area contributed by atoms with Gasteiger partial charge in [-0.05, 0) is 5.57 Å². The zero-order chi connectivity index (χ0) is 5.11. The van der Waals surface area contributed by atoms with Crippen molar-refractivity contribution >= 4 is 0 Å². The lowest BCUT2D eigenvalue weighted by Gasteiger charge is -1.88. The van der Waals surface area contributed by atoms with Gasteiger partial charge >= 0.3 is 0 Å². The van der Waals surface area contributed by atoms with Crippen LogP contribution in [0.25, 0.3) is 0 Å². The molecule has 0 aliphatic carbocycles. The number of nitrogens with zero attached hydrogens (tertiary/aromatic N) is 1. The molecule has 2 heteroatoms. The first-order valence-corrected chi connectivity index (χ1v) is 2.44. The topological polar surface area (TPSA) is 40.1 Å². The summed E-state index contributed by atoms with van der Waals surface area (Å²) in [6, 6.07) is 0. The van der Waals surface area contributed by atoms with Gasteiger partial charge in [-0.2, -0.15) is 0 Å². The summed E-state index contributed by atoms with van der Waals surface area (Å²) in [4.78, 5) is 0. The van der Waals surface area contributed by atoms with Crippen molar-refractivity contribution in [3.63, 3.8) is 0 Å². The van der Waals surface area contributed by atoms with E-state index in [9.17, 15) is 0 Å². The van der Waals surface area contributed by atoms with Gasteiger partial charge in [-0.15, -0.1) is 0 Å². The van der Waals surface area contributed by atoms with E-state index in [2.05, 4.69) is 11.4 Å². The molecule has 0 spiro atoms. The average Bonchev–Trinajstić information content (AvgIpc) is 2.14. The van der Waals surface area contributed by atoms with Crippen molar-refractivity contribution in [3.05, 3.63) is 11.6 Å². The van der Waals surface area contributed by atoms with Crippen molar-refractivity contribution in [2.24, 2.45) is 5.73 Å². The maximum Gasteiger partial charge on any atom is 0.0360 e. The molecule has 0 aromatic heterocycles. The van der Waals surface area contributed by atoms with Gasteiger partial charge in [0.15, 0.2) is 0 Å². The van der Waals surface area contributed by atoms with Crippen LogP contribution < -0.4 is 11.1 Å². The second kappa shape index (κ2) is 2.09. The molecule has 0 saturated heterocycles. The molecule has 1 aliphatic rings. The number of rotatable bonds is 1. The van der Waals surface area contributed by atoms with Gasteiger partial charge < -0.3 is 5.73 Å². The fourth-order valence-corrected chi connectivity index (χ4v) is 0.614. The van der Waals surface area contributed by atoms with E-state index in [1.54, 1.807) is 0 Å². The highest BCUT2D eigenvalue weighted by Crippen LogP contribution is 1.94. The molecule has 0 aromatic rings. The van der Waals surface area contributed by atoms with E-state index < -0.39 is 0 Å². The summed E-state index contributed by atoms with van der Waals surface area (Å²) in [6.07, 6.45) is 2.08. The van der Waals surface area contributed by atoms with E-state index in [0.29, 0.717) is 6.54 Å². The third-order valence-electron chi connectivity index (χ3n) is 1.09. The van der Waals surface area contributed by atoms with Crippen LogP contribution in [0.5, 0.6) is 0 Å². The number of hydrogen-bond acceptors (Lipinski definition) is 1. The molecule has 1 aliphatic heterocycles. The van der Waals surface area contributed by atoms with Crippen LogP contribution in [0, 0.1) is 0 Å². The normalized spacial score (nSPS) is 19.9. The SMILES string of the molecule is NCC1=CC[N]C1. The zero-order valence-corrected chi connectivity index (χ0v) is 4.22. The van der Waals surface area contributed by atoms with Crippen molar-refractivity contribution in [2.75, 3.05) is 19.6 Å². The van der Waals surface area contributed by atoms with Crippen LogP contribution in [0.2, 0.25) is 0 Å². The molecule has 0 saturated carbocycles. The molecule has 39 valence electrons. The van der Waals surface area contributed by atoms with Crippen molar-refractivity contribution in [3.8, 4) is 0 Å². The van der Waals surface area contributed by atoms with Gasteiger partial charge in [0, 0.05) is 19.6 Å². The minimum absolute atomic E-state index is 0.684. The largest absolute Gasteiger partial charge is 0.327 e. The van der Waals surface area contributed by atoms with E-state index in [1.807, 2.05) is 0 Å². The fourth-order valence-electron chi connectivity index (χ4n) is 0.614. The van der Waals surface area contributed by atoms with Gasteiger partial charge in [0.05, 0.1) is 0 Å². The standard InChI is InChI=1S/C5H9N2/c6-3-5-1-2-7-4-5/h1H,2-4,6H2. The Kier molecular flexibility index (Phi) is 1.44. The number of nitrogens with two attached hydrogens (primary N) is 1. The Bertz CT molecular complexity index is 86.1. The van der Waals surface area contributed by atoms with Gasteiger partial charge in [-0.1, -0.05) is 6.08 Å². The van der Waals surface area contributed by atoms with E-state index in [0.717, 1.165) is 13.1 Å². The second-order valence-electron chi connectivity index (χ2n) is 1.63. The summed E-state index contributed by atoms with van der Waals surface area (Å²) < 4.78 is 0. The van der Waals surface area contributed by atoms with Crippen LogP contribution in [0.3, 0.4) is 0 Å². The molecule has 0 atom stereocenters. The Balaban J connectivity index is 2.36. The van der Waals surface area contributed by atoms with Crippen LogP contribution in [0.4, 0.5) is 0 Å². The van der Waals surface area contributed by atoms with Crippen LogP contribution in [0.1, 0.15) is 0 Å². The lowest BCUT2D eigenvalue weighted by Crippen LogP contribution is -2.07. The van der Waals surface area contributed by atoms with Gasteiger partial charge in [0.2, 0.25) is 0 Å². The van der Waals surface area contributed by atoms with Gasteiger partial charge in [0.1, 0.15) is 0 Å². The van der Waals surface area contributed by atoms with E-state index in [1.165, 1.54) is 5.57 Å². The molecule has 0 aromatic carbocycles. The molecule has 0 fully saturated rings. The van der Waals surface area contributed by atoms with E-state index in [4.69, 9.17) is 5.73 Å². The Labute approximate surface area is 43.4 Å². The molecule has 0 unspecified atom stereocenters. The molecule has 7 heavy (non-hydrogen) atoms. The maximum atomic E-state index is 5.31. The van der Waals surface area contributed by atoms with Gasteiger partial charge in [-0.3, -0.25) is 0 Å².